The number of quaternary nitrogens is 1. The molecule has 0 unspecified atom stereocenters. The zero-order valence-electron chi connectivity index (χ0n) is 26.8. The van der Waals surface area contributed by atoms with Gasteiger partial charge in [0, 0.05) is 42.4 Å². The number of rotatable bonds is 13. The first-order chi connectivity index (χ1) is 23.8. The summed E-state index contributed by atoms with van der Waals surface area (Å²) >= 11 is 8.55. The number of nitrogens with one attached hydrogen (secondary N) is 2. The lowest BCUT2D eigenvalue weighted by molar-refractivity contribution is -0.911. The smallest absolute Gasteiger partial charge is 0.352 e. The number of anilines is 1. The quantitative estimate of drug-likeness (QED) is 0.0741. The number of amides is 3. The van der Waals surface area contributed by atoms with Crippen molar-refractivity contribution in [2.75, 3.05) is 44.2 Å². The lowest BCUT2D eigenvalue weighted by Crippen LogP contribution is -2.71. The Kier molecular flexibility index (Phi) is 9.73. The monoisotopic (exact) mass is 748 g/mol. The van der Waals surface area contributed by atoms with Gasteiger partial charge >= 0.3 is 11.9 Å². The number of oxime groups is 1. The van der Waals surface area contributed by atoms with Crippen molar-refractivity contribution in [2.24, 2.45) is 5.16 Å². The van der Waals surface area contributed by atoms with Crippen LogP contribution < -0.4 is 16.4 Å². The van der Waals surface area contributed by atoms with E-state index in [1.165, 1.54) is 22.0 Å². The van der Waals surface area contributed by atoms with Crippen LogP contribution in [0.15, 0.2) is 33.9 Å². The van der Waals surface area contributed by atoms with E-state index in [2.05, 4.69) is 20.8 Å². The number of carbonyl (C=O) groups excluding carboxylic acids is 3. The van der Waals surface area contributed by atoms with Gasteiger partial charge in [0.15, 0.2) is 10.8 Å². The highest BCUT2D eigenvalue weighted by molar-refractivity contribution is 8.00. The molecule has 0 spiro atoms. The number of nitrogens with two attached hydrogens (primary N) is 1. The lowest BCUT2D eigenvalue weighted by Gasteiger charge is -2.50. The van der Waals surface area contributed by atoms with Gasteiger partial charge < -0.3 is 41.0 Å². The Hall–Kier alpha value is -4.39. The SMILES string of the molecule is Cc1ccc(C(=O)NCC[N+]2(CC3=C(C(=O)O)N4C(=O)[C@@H](NC(=O)/C(=N\OC5(C(=O)O)CC5)c5csc(N)n5)[C@H]4SC3)CCCC2)c(Cl)c1O. The second-order valence-corrected chi connectivity index (χ2v) is 15.1. The predicted molar refractivity (Wildman–Crippen MR) is 183 cm³/mol. The number of nitrogen functional groups attached to an aromatic ring is 1. The third-order valence-corrected chi connectivity index (χ3v) is 11.8. The molecule has 0 radical (unpaired) electrons. The number of nitrogens with zero attached hydrogens (tertiary/aromatic N) is 4. The number of likely N-dealkylation sites (tertiary alicyclic amines) is 1. The van der Waals surface area contributed by atoms with Gasteiger partial charge in [-0.2, -0.15) is 0 Å². The topological polar surface area (TPSA) is 234 Å². The number of carbonyl (C=O) groups is 5. The summed E-state index contributed by atoms with van der Waals surface area (Å²) in [5, 5.41) is 40.0. The van der Waals surface area contributed by atoms with Gasteiger partial charge in [-0.05, 0) is 18.6 Å². The van der Waals surface area contributed by atoms with Crippen molar-refractivity contribution >= 4 is 75.2 Å². The summed E-state index contributed by atoms with van der Waals surface area (Å²) in [6.45, 7) is 4.33. The average molecular weight is 749 g/mol. The Bertz CT molecular complexity index is 1840. The number of hydrogen-bond donors (Lipinski definition) is 6. The number of phenolic OH excluding ortho intramolecular Hbond substituents is 1. The van der Waals surface area contributed by atoms with Crippen LogP contribution in [0.1, 0.15) is 47.3 Å². The summed E-state index contributed by atoms with van der Waals surface area (Å²) < 4.78 is 0.515. The molecule has 1 aromatic heterocycles. The normalized spacial score (nSPS) is 22.0. The molecule has 1 aliphatic carbocycles. The molecule has 19 heteroatoms. The Labute approximate surface area is 298 Å². The maximum absolute atomic E-state index is 13.5. The second kappa shape index (κ2) is 13.7. The summed E-state index contributed by atoms with van der Waals surface area (Å²) in [6.07, 6.45) is 2.26. The molecule has 266 valence electrons. The van der Waals surface area contributed by atoms with Crippen LogP contribution in [0.25, 0.3) is 0 Å². The number of aromatic hydroxyl groups is 1. The molecule has 1 aromatic carbocycles. The molecule has 6 rings (SSSR count). The number of fused-ring (bicyclic) bond motifs is 1. The number of β-lactam (4-membered cyclic amide) rings is 1. The molecular weight excluding hydrogens is 714 g/mol. The van der Waals surface area contributed by atoms with E-state index in [0.717, 1.165) is 37.3 Å². The Morgan fingerprint density at radius 1 is 1.22 bits per heavy atom. The van der Waals surface area contributed by atoms with Gasteiger partial charge in [-0.25, -0.2) is 14.6 Å². The number of halogens is 1. The fourth-order valence-corrected chi connectivity index (χ4v) is 8.60. The fourth-order valence-electron chi connectivity index (χ4n) is 6.42. The number of aromatic nitrogens is 1. The summed E-state index contributed by atoms with van der Waals surface area (Å²) in [6, 6.07) is 2.07. The maximum atomic E-state index is 13.5. The predicted octanol–water partition coefficient (Wildman–Crippen LogP) is 1.51. The van der Waals surface area contributed by atoms with Crippen LogP contribution in [0, 0.1) is 6.92 Å². The lowest BCUT2D eigenvalue weighted by atomic mass is 10.0. The fraction of sp³-hybridized carbons (Fsp3) is 0.452. The Morgan fingerprint density at radius 2 is 1.94 bits per heavy atom. The molecule has 50 heavy (non-hydrogen) atoms. The first kappa shape index (κ1) is 35.4. The minimum absolute atomic E-state index is 0.0270. The molecule has 0 bridgehead atoms. The van der Waals surface area contributed by atoms with Gasteiger partial charge in [-0.15, -0.1) is 23.1 Å². The van der Waals surface area contributed by atoms with Crippen LogP contribution in [-0.2, 0) is 24.0 Å². The maximum Gasteiger partial charge on any atom is 0.352 e. The van der Waals surface area contributed by atoms with E-state index in [9.17, 15) is 39.3 Å². The molecule has 7 N–H and O–H groups in total. The minimum atomic E-state index is -1.54. The zero-order chi connectivity index (χ0) is 36.0. The van der Waals surface area contributed by atoms with Crippen molar-refractivity contribution in [1.82, 2.24) is 20.5 Å². The van der Waals surface area contributed by atoms with E-state index < -0.39 is 46.7 Å². The van der Waals surface area contributed by atoms with Crippen molar-refractivity contribution in [3.63, 3.8) is 0 Å². The van der Waals surface area contributed by atoms with E-state index in [-0.39, 0.29) is 58.0 Å². The van der Waals surface area contributed by atoms with Crippen LogP contribution in [-0.4, -0.2) is 121 Å². The molecule has 3 aliphatic heterocycles. The Balaban J connectivity index is 1.15. The van der Waals surface area contributed by atoms with E-state index in [1.54, 1.807) is 19.1 Å². The number of hydrogen-bond acceptors (Lipinski definition) is 12. The number of thioether (sulfide) groups is 1. The van der Waals surface area contributed by atoms with E-state index in [0.29, 0.717) is 34.5 Å². The number of carboxylic acids is 2. The average Bonchev–Trinajstić information content (AvgIpc) is 3.54. The summed E-state index contributed by atoms with van der Waals surface area (Å²) in [7, 11) is 0. The van der Waals surface area contributed by atoms with E-state index >= 15 is 0 Å². The van der Waals surface area contributed by atoms with E-state index in [4.69, 9.17) is 22.2 Å². The first-order valence-corrected chi connectivity index (χ1v) is 18.1. The number of aliphatic carboxylic acids is 2. The van der Waals surface area contributed by atoms with Crippen molar-refractivity contribution < 1.29 is 48.6 Å². The second-order valence-electron chi connectivity index (χ2n) is 12.7. The van der Waals surface area contributed by atoms with Gasteiger partial charge in [-0.1, -0.05) is 22.8 Å². The molecule has 2 aromatic rings. The van der Waals surface area contributed by atoms with Gasteiger partial charge in [0.1, 0.15) is 35.1 Å². The van der Waals surface area contributed by atoms with Gasteiger partial charge in [0.25, 0.3) is 17.7 Å². The summed E-state index contributed by atoms with van der Waals surface area (Å²) in [5.74, 6) is -4.25. The molecular formula is C31H35ClN7O9S2+. The summed E-state index contributed by atoms with van der Waals surface area (Å²) in [4.78, 5) is 74.5. The van der Waals surface area contributed by atoms with Crippen molar-refractivity contribution in [2.45, 2.75) is 49.6 Å². The van der Waals surface area contributed by atoms with Crippen LogP contribution in [0.4, 0.5) is 5.13 Å². The number of aryl methyl sites for hydroxylation is 1. The highest BCUT2D eigenvalue weighted by Crippen LogP contribution is 2.42. The van der Waals surface area contributed by atoms with Crippen molar-refractivity contribution in [1.29, 1.82) is 0 Å². The van der Waals surface area contributed by atoms with Crippen LogP contribution >= 0.6 is 34.7 Å². The first-order valence-electron chi connectivity index (χ1n) is 15.8. The van der Waals surface area contributed by atoms with Crippen LogP contribution in [0.2, 0.25) is 5.02 Å². The van der Waals surface area contributed by atoms with Crippen molar-refractivity contribution in [3.05, 3.63) is 50.6 Å². The summed E-state index contributed by atoms with van der Waals surface area (Å²) in [5.41, 5.74) is 5.03. The molecule has 2 saturated heterocycles. The molecule has 2 atom stereocenters. The minimum Gasteiger partial charge on any atom is -0.506 e. The number of carboxylic acid groups (broad SMARTS) is 2. The highest BCUT2D eigenvalue weighted by atomic mass is 35.5. The third kappa shape index (κ3) is 6.71. The van der Waals surface area contributed by atoms with Crippen LogP contribution in [0.5, 0.6) is 5.75 Å². The Morgan fingerprint density at radius 3 is 2.56 bits per heavy atom. The largest absolute Gasteiger partial charge is 0.506 e. The van der Waals surface area contributed by atoms with Gasteiger partial charge in [0.2, 0.25) is 5.60 Å². The standard InChI is InChI=1S/C31H34ClN7O9S2/c1-15-4-5-17(19(32)23(15)40)24(41)34-8-11-39(9-2-3-10-39)12-16-13-49-27-21(26(43)38(27)22(16)28(44)45)36-25(42)20(18-14-50-30(33)35-18)37-48-31(6-7-31)29(46)47/h4-5,14,21,27H,2-3,6-13H2,1H3,(H6-,33,34,35,36,40,41,42,44,45,46,47)/p+1/b37-20-/t21-,27-/m1/s1. The van der Waals surface area contributed by atoms with Gasteiger partial charge in [0.05, 0.1) is 36.8 Å². The van der Waals surface area contributed by atoms with Gasteiger partial charge in [-0.3, -0.25) is 19.3 Å². The molecule has 4 heterocycles. The van der Waals surface area contributed by atoms with Crippen LogP contribution in [0.3, 0.4) is 0 Å². The zero-order valence-corrected chi connectivity index (χ0v) is 29.2. The number of thiazole rings is 1. The van der Waals surface area contributed by atoms with Crippen molar-refractivity contribution in [3.8, 4) is 5.75 Å². The third-order valence-electron chi connectivity index (χ3n) is 9.40. The highest BCUT2D eigenvalue weighted by Gasteiger charge is 2.56. The number of phenols is 1. The number of benzene rings is 1. The molecule has 4 aliphatic rings. The molecule has 1 saturated carbocycles. The van der Waals surface area contributed by atoms with E-state index in [1.807, 2.05) is 0 Å². The molecule has 16 nitrogen and oxygen atoms in total. The molecule has 3 amide bonds. The molecule has 3 fully saturated rings.